The van der Waals surface area contributed by atoms with Crippen LogP contribution in [0, 0.1) is 5.92 Å². The molecule has 2 amide bonds. The van der Waals surface area contributed by atoms with Gasteiger partial charge in [-0.05, 0) is 37.3 Å². The largest absolute Gasteiger partial charge is 0.454 e. The minimum Gasteiger partial charge on any atom is -0.454 e. The van der Waals surface area contributed by atoms with Crippen LogP contribution in [0.3, 0.4) is 0 Å². The van der Waals surface area contributed by atoms with Crippen molar-refractivity contribution < 1.29 is 14.0 Å². The van der Waals surface area contributed by atoms with Gasteiger partial charge >= 0.3 is 0 Å². The van der Waals surface area contributed by atoms with E-state index in [1.807, 2.05) is 0 Å². The Morgan fingerprint density at radius 1 is 1.32 bits per heavy atom. The molecule has 2 rings (SSSR count). The fraction of sp³-hybridized carbons (Fsp3) is 0.647. The lowest BCUT2D eigenvalue weighted by molar-refractivity contribution is -0.119. The molecule has 2 atom stereocenters. The number of rotatable bonds is 7. The molecule has 1 fully saturated rings. The molecular weight excluding hydrogens is 280 g/mol. The van der Waals surface area contributed by atoms with Gasteiger partial charge in [0.1, 0.15) is 5.76 Å². The third-order valence-electron chi connectivity index (χ3n) is 4.30. The lowest BCUT2D eigenvalue weighted by Gasteiger charge is -2.20. The highest BCUT2D eigenvalue weighted by Crippen LogP contribution is 2.30. The van der Waals surface area contributed by atoms with Crippen LogP contribution >= 0.6 is 0 Å². The first kappa shape index (κ1) is 16.6. The summed E-state index contributed by atoms with van der Waals surface area (Å²) in [4.78, 5) is 23.2. The van der Waals surface area contributed by atoms with Crippen LogP contribution < -0.4 is 10.6 Å². The van der Waals surface area contributed by atoms with Crippen molar-refractivity contribution in [3.8, 4) is 0 Å². The van der Waals surface area contributed by atoms with Gasteiger partial charge in [0.05, 0.1) is 6.54 Å². The summed E-state index contributed by atoms with van der Waals surface area (Å²) < 4.78 is 5.50. The van der Waals surface area contributed by atoms with Gasteiger partial charge in [-0.25, -0.2) is 0 Å². The molecule has 1 aliphatic carbocycles. The number of amides is 2. The molecule has 2 unspecified atom stereocenters. The zero-order valence-corrected chi connectivity index (χ0v) is 13.5. The monoisotopic (exact) mass is 306 g/mol. The first-order valence-corrected chi connectivity index (χ1v) is 8.24. The Bertz CT molecular complexity index is 510. The van der Waals surface area contributed by atoms with Crippen LogP contribution in [0.2, 0.25) is 0 Å². The highest BCUT2D eigenvalue weighted by Gasteiger charge is 2.28. The van der Waals surface area contributed by atoms with Gasteiger partial charge < -0.3 is 15.1 Å². The smallest absolute Gasteiger partial charge is 0.287 e. The summed E-state index contributed by atoms with van der Waals surface area (Å²) in [6.45, 7) is 3.96. The second-order valence-electron chi connectivity index (χ2n) is 6.09. The summed E-state index contributed by atoms with van der Waals surface area (Å²) in [5.41, 5.74) is 0. The van der Waals surface area contributed by atoms with Crippen molar-refractivity contribution in [3.63, 3.8) is 0 Å². The Labute approximate surface area is 131 Å². The third-order valence-corrected chi connectivity index (χ3v) is 4.30. The third kappa shape index (κ3) is 4.61. The fourth-order valence-electron chi connectivity index (χ4n) is 3.08. The van der Waals surface area contributed by atoms with Crippen molar-refractivity contribution in [2.45, 2.75) is 65.0 Å². The van der Waals surface area contributed by atoms with Crippen LogP contribution in [-0.4, -0.2) is 17.9 Å². The minimum absolute atomic E-state index is 0.118. The highest BCUT2D eigenvalue weighted by molar-refractivity contribution is 5.91. The Morgan fingerprint density at radius 2 is 2.14 bits per heavy atom. The van der Waals surface area contributed by atoms with E-state index in [2.05, 4.69) is 17.6 Å². The van der Waals surface area contributed by atoms with Gasteiger partial charge in [0.15, 0.2) is 5.76 Å². The van der Waals surface area contributed by atoms with Gasteiger partial charge in [0, 0.05) is 13.0 Å². The van der Waals surface area contributed by atoms with E-state index in [1.54, 1.807) is 12.1 Å². The Morgan fingerprint density at radius 3 is 2.86 bits per heavy atom. The van der Waals surface area contributed by atoms with Gasteiger partial charge in [0.25, 0.3) is 5.91 Å². The molecule has 122 valence electrons. The summed E-state index contributed by atoms with van der Waals surface area (Å²) in [5.74, 6) is 1.24. The van der Waals surface area contributed by atoms with Crippen LogP contribution in [0.25, 0.3) is 0 Å². The Hall–Kier alpha value is -1.78. The first-order chi connectivity index (χ1) is 10.6. The average molecular weight is 306 g/mol. The molecule has 0 aromatic carbocycles. The van der Waals surface area contributed by atoms with Gasteiger partial charge in [0.2, 0.25) is 5.91 Å². The lowest BCUT2D eigenvalue weighted by Crippen LogP contribution is -2.37. The molecule has 1 aliphatic rings. The van der Waals surface area contributed by atoms with Crippen LogP contribution in [0.1, 0.15) is 68.7 Å². The summed E-state index contributed by atoms with van der Waals surface area (Å²) in [7, 11) is 0. The molecule has 1 aromatic rings. The Kier molecular flexibility index (Phi) is 6.04. The summed E-state index contributed by atoms with van der Waals surface area (Å²) >= 11 is 0. The molecule has 1 aromatic heterocycles. The van der Waals surface area contributed by atoms with Crippen LogP contribution in [0.4, 0.5) is 0 Å². The van der Waals surface area contributed by atoms with E-state index in [4.69, 9.17) is 4.42 Å². The minimum atomic E-state index is -0.150. The molecule has 22 heavy (non-hydrogen) atoms. The van der Waals surface area contributed by atoms with Crippen LogP contribution in [0.15, 0.2) is 16.5 Å². The number of carbonyl (C=O) groups excluding carboxylic acids is 2. The second kappa shape index (κ2) is 8.01. The normalized spacial score (nSPS) is 20.8. The van der Waals surface area contributed by atoms with E-state index in [0.717, 1.165) is 6.42 Å². The zero-order valence-electron chi connectivity index (χ0n) is 13.5. The maximum Gasteiger partial charge on any atom is 0.287 e. The Balaban J connectivity index is 1.87. The van der Waals surface area contributed by atoms with E-state index in [0.29, 0.717) is 24.0 Å². The SMILES string of the molecule is CCCCC1CCCC1NC(=O)c1ccc(CNC(C)=O)o1. The van der Waals surface area contributed by atoms with E-state index in [1.165, 1.54) is 39.0 Å². The quantitative estimate of drug-likeness (QED) is 0.813. The van der Waals surface area contributed by atoms with E-state index in [-0.39, 0.29) is 17.9 Å². The lowest BCUT2D eigenvalue weighted by atomic mass is 9.97. The van der Waals surface area contributed by atoms with Crippen molar-refractivity contribution >= 4 is 11.8 Å². The number of unbranched alkanes of at least 4 members (excludes halogenated alkanes) is 1. The molecule has 5 nitrogen and oxygen atoms in total. The van der Waals surface area contributed by atoms with E-state index < -0.39 is 0 Å². The fourth-order valence-corrected chi connectivity index (χ4v) is 3.08. The van der Waals surface area contributed by atoms with Crippen LogP contribution in [-0.2, 0) is 11.3 Å². The van der Waals surface area contributed by atoms with E-state index in [9.17, 15) is 9.59 Å². The average Bonchev–Trinajstić information content (AvgIpc) is 3.12. The molecule has 1 saturated carbocycles. The maximum absolute atomic E-state index is 12.3. The van der Waals surface area contributed by atoms with Gasteiger partial charge in [-0.2, -0.15) is 0 Å². The molecule has 1 heterocycles. The predicted molar refractivity (Wildman–Crippen MR) is 84.3 cm³/mol. The van der Waals surface area contributed by atoms with Crippen molar-refractivity contribution in [3.05, 3.63) is 23.7 Å². The first-order valence-electron chi connectivity index (χ1n) is 8.24. The topological polar surface area (TPSA) is 71.3 Å². The molecule has 0 spiro atoms. The molecule has 2 N–H and O–H groups in total. The summed E-state index contributed by atoms with van der Waals surface area (Å²) in [5, 5.41) is 5.77. The molecule has 0 bridgehead atoms. The molecule has 5 heteroatoms. The number of carbonyl (C=O) groups is 2. The van der Waals surface area contributed by atoms with E-state index >= 15 is 0 Å². The highest BCUT2D eigenvalue weighted by atomic mass is 16.4. The van der Waals surface area contributed by atoms with Crippen molar-refractivity contribution in [1.82, 2.24) is 10.6 Å². The second-order valence-corrected chi connectivity index (χ2v) is 6.09. The van der Waals surface area contributed by atoms with Crippen molar-refractivity contribution in [1.29, 1.82) is 0 Å². The number of furan rings is 1. The number of nitrogens with one attached hydrogen (secondary N) is 2. The van der Waals surface area contributed by atoms with Gasteiger partial charge in [-0.3, -0.25) is 9.59 Å². The molecule has 0 saturated heterocycles. The van der Waals surface area contributed by atoms with Gasteiger partial charge in [-0.1, -0.05) is 26.2 Å². The standard InChI is InChI=1S/C17H26N2O3/c1-3-4-6-13-7-5-8-15(13)19-17(21)16-10-9-14(22-16)11-18-12(2)20/h9-10,13,15H,3-8,11H2,1-2H3,(H,18,20)(H,19,21). The number of hydrogen-bond acceptors (Lipinski definition) is 3. The predicted octanol–water partition coefficient (Wildman–Crippen LogP) is 3.00. The van der Waals surface area contributed by atoms with Crippen LogP contribution in [0.5, 0.6) is 0 Å². The molecule has 0 radical (unpaired) electrons. The van der Waals surface area contributed by atoms with Crippen molar-refractivity contribution in [2.75, 3.05) is 0 Å². The van der Waals surface area contributed by atoms with Gasteiger partial charge in [-0.15, -0.1) is 0 Å². The molecular formula is C17H26N2O3. The number of hydrogen-bond donors (Lipinski definition) is 2. The maximum atomic E-state index is 12.3. The zero-order chi connectivity index (χ0) is 15.9. The molecule has 0 aliphatic heterocycles. The van der Waals surface area contributed by atoms with Crippen molar-refractivity contribution in [2.24, 2.45) is 5.92 Å². The summed E-state index contributed by atoms with van der Waals surface area (Å²) in [6, 6.07) is 3.67. The summed E-state index contributed by atoms with van der Waals surface area (Å²) in [6.07, 6.45) is 7.05.